The van der Waals surface area contributed by atoms with E-state index >= 15 is 0 Å². The molecule has 0 spiro atoms. The van der Waals surface area contributed by atoms with Gasteiger partial charge in [0.2, 0.25) is 0 Å². The van der Waals surface area contributed by atoms with Gasteiger partial charge in [0.15, 0.2) is 0 Å². The van der Waals surface area contributed by atoms with E-state index in [1.54, 1.807) is 0 Å². The Hall–Kier alpha value is -2.35. The maximum Gasteiger partial charge on any atom is 0.0422 e. The van der Waals surface area contributed by atoms with Crippen molar-refractivity contribution in [3.63, 3.8) is 0 Å². The van der Waals surface area contributed by atoms with Gasteiger partial charge in [-0.15, -0.1) is 0 Å². The number of hydrogen-bond acceptors (Lipinski definition) is 2. The lowest BCUT2D eigenvalue weighted by Gasteiger charge is -2.15. The smallest absolute Gasteiger partial charge is 0.0422 e. The Morgan fingerprint density at radius 2 is 1.71 bits per heavy atom. The molecule has 21 heavy (non-hydrogen) atoms. The molecule has 0 saturated heterocycles. The van der Waals surface area contributed by atoms with Gasteiger partial charge in [-0.2, -0.15) is 0 Å². The van der Waals surface area contributed by atoms with Crippen molar-refractivity contribution in [2.75, 3.05) is 5.32 Å². The molecule has 0 aliphatic carbocycles. The largest absolute Gasteiger partial charge is 0.381 e. The number of aromatic nitrogens is 1. The molecule has 2 aromatic carbocycles. The number of para-hydroxylation sites is 1. The molecule has 0 saturated carbocycles. The molecule has 0 fully saturated rings. The first-order valence-corrected chi connectivity index (χ1v) is 7.40. The summed E-state index contributed by atoms with van der Waals surface area (Å²) in [5.41, 5.74) is 3.79. The SMILES string of the molecule is CC(C)c1ccccc1NCc1cncc2ccccc12. The van der Waals surface area contributed by atoms with Crippen LogP contribution in [0.4, 0.5) is 5.69 Å². The Bertz CT molecular complexity index is 742. The van der Waals surface area contributed by atoms with Crippen LogP contribution in [-0.2, 0) is 6.54 Å². The summed E-state index contributed by atoms with van der Waals surface area (Å²) in [5.74, 6) is 0.513. The van der Waals surface area contributed by atoms with Gasteiger partial charge in [0.05, 0.1) is 0 Å². The molecule has 0 aliphatic rings. The van der Waals surface area contributed by atoms with Gasteiger partial charge in [-0.1, -0.05) is 56.3 Å². The first-order chi connectivity index (χ1) is 10.3. The summed E-state index contributed by atoms with van der Waals surface area (Å²) >= 11 is 0. The van der Waals surface area contributed by atoms with Crippen LogP contribution in [0, 0.1) is 0 Å². The normalized spacial score (nSPS) is 11.0. The minimum absolute atomic E-state index is 0.513. The van der Waals surface area contributed by atoms with Crippen LogP contribution in [0.25, 0.3) is 10.8 Å². The topological polar surface area (TPSA) is 24.9 Å². The molecular formula is C19H20N2. The van der Waals surface area contributed by atoms with Gasteiger partial charge in [0, 0.05) is 30.0 Å². The highest BCUT2D eigenvalue weighted by molar-refractivity contribution is 5.84. The molecule has 1 heterocycles. The van der Waals surface area contributed by atoms with Gasteiger partial charge >= 0.3 is 0 Å². The molecule has 3 aromatic rings. The molecule has 0 aliphatic heterocycles. The van der Waals surface area contributed by atoms with Gasteiger partial charge in [-0.05, 0) is 28.5 Å². The second-order valence-electron chi connectivity index (χ2n) is 5.62. The zero-order valence-electron chi connectivity index (χ0n) is 12.5. The molecule has 2 nitrogen and oxygen atoms in total. The third kappa shape index (κ3) is 2.89. The summed E-state index contributed by atoms with van der Waals surface area (Å²) in [4.78, 5) is 4.34. The minimum Gasteiger partial charge on any atom is -0.381 e. The van der Waals surface area contributed by atoms with Gasteiger partial charge < -0.3 is 5.32 Å². The zero-order valence-corrected chi connectivity index (χ0v) is 12.5. The van der Waals surface area contributed by atoms with E-state index in [1.807, 2.05) is 12.4 Å². The lowest BCUT2D eigenvalue weighted by molar-refractivity contribution is 0.865. The molecule has 106 valence electrons. The molecule has 2 heteroatoms. The van der Waals surface area contributed by atoms with E-state index in [-0.39, 0.29) is 0 Å². The lowest BCUT2D eigenvalue weighted by atomic mass is 10.0. The molecular weight excluding hydrogens is 256 g/mol. The van der Waals surface area contributed by atoms with E-state index in [4.69, 9.17) is 0 Å². The summed E-state index contributed by atoms with van der Waals surface area (Å²) in [6, 6.07) is 16.9. The zero-order chi connectivity index (χ0) is 14.7. The first-order valence-electron chi connectivity index (χ1n) is 7.40. The number of benzene rings is 2. The lowest BCUT2D eigenvalue weighted by Crippen LogP contribution is -2.04. The molecule has 0 radical (unpaired) electrons. The monoisotopic (exact) mass is 276 g/mol. The molecule has 1 aromatic heterocycles. The second-order valence-corrected chi connectivity index (χ2v) is 5.62. The van der Waals surface area contributed by atoms with Gasteiger partial charge in [-0.25, -0.2) is 0 Å². The van der Waals surface area contributed by atoms with E-state index in [0.29, 0.717) is 5.92 Å². The van der Waals surface area contributed by atoms with Crippen molar-refractivity contribution in [1.82, 2.24) is 4.98 Å². The van der Waals surface area contributed by atoms with E-state index in [9.17, 15) is 0 Å². The average molecular weight is 276 g/mol. The number of nitrogens with zero attached hydrogens (tertiary/aromatic N) is 1. The number of anilines is 1. The predicted molar refractivity (Wildman–Crippen MR) is 89.6 cm³/mol. The van der Waals surface area contributed by atoms with Crippen molar-refractivity contribution in [1.29, 1.82) is 0 Å². The van der Waals surface area contributed by atoms with Crippen LogP contribution in [0.3, 0.4) is 0 Å². The molecule has 0 atom stereocenters. The number of rotatable bonds is 4. The van der Waals surface area contributed by atoms with Crippen molar-refractivity contribution >= 4 is 16.5 Å². The van der Waals surface area contributed by atoms with Crippen molar-refractivity contribution in [3.8, 4) is 0 Å². The van der Waals surface area contributed by atoms with Crippen molar-refractivity contribution < 1.29 is 0 Å². The molecule has 3 rings (SSSR count). The quantitative estimate of drug-likeness (QED) is 0.727. The fourth-order valence-corrected chi connectivity index (χ4v) is 2.67. The number of pyridine rings is 1. The van der Waals surface area contributed by atoms with Crippen LogP contribution >= 0.6 is 0 Å². The van der Waals surface area contributed by atoms with Crippen LogP contribution in [-0.4, -0.2) is 4.98 Å². The van der Waals surface area contributed by atoms with E-state index in [1.165, 1.54) is 27.6 Å². The van der Waals surface area contributed by atoms with Gasteiger partial charge in [0.25, 0.3) is 0 Å². The molecule has 1 N–H and O–H groups in total. The maximum absolute atomic E-state index is 4.34. The Labute approximate surface area is 125 Å². The van der Waals surface area contributed by atoms with E-state index in [0.717, 1.165) is 6.54 Å². The molecule has 0 bridgehead atoms. The standard InChI is InChI=1S/C19H20N2/c1-14(2)17-8-5-6-10-19(17)21-13-16-12-20-11-15-7-3-4-9-18(15)16/h3-12,14,21H,13H2,1-2H3. The highest BCUT2D eigenvalue weighted by Gasteiger charge is 2.06. The third-order valence-electron chi connectivity index (χ3n) is 3.80. The molecule has 0 amide bonds. The summed E-state index contributed by atoms with van der Waals surface area (Å²) in [5, 5.41) is 6.02. The highest BCUT2D eigenvalue weighted by Crippen LogP contribution is 2.25. The van der Waals surface area contributed by atoms with Gasteiger partial charge in [-0.3, -0.25) is 4.98 Å². The van der Waals surface area contributed by atoms with Crippen LogP contribution in [0.5, 0.6) is 0 Å². The van der Waals surface area contributed by atoms with Crippen LogP contribution in [0.1, 0.15) is 30.9 Å². The average Bonchev–Trinajstić information content (AvgIpc) is 2.53. The second kappa shape index (κ2) is 5.96. The summed E-state index contributed by atoms with van der Waals surface area (Å²) in [6.45, 7) is 5.23. The first kappa shape index (κ1) is 13.6. The Morgan fingerprint density at radius 1 is 0.952 bits per heavy atom. The summed E-state index contributed by atoms with van der Waals surface area (Å²) < 4.78 is 0. The van der Waals surface area contributed by atoms with Crippen LogP contribution in [0.2, 0.25) is 0 Å². The third-order valence-corrected chi connectivity index (χ3v) is 3.80. The van der Waals surface area contributed by atoms with Crippen LogP contribution in [0.15, 0.2) is 60.9 Å². The fraction of sp³-hybridized carbons (Fsp3) is 0.211. The number of fused-ring (bicyclic) bond motifs is 1. The van der Waals surface area contributed by atoms with E-state index < -0.39 is 0 Å². The number of hydrogen-bond donors (Lipinski definition) is 1. The fourth-order valence-electron chi connectivity index (χ4n) is 2.67. The molecule has 0 unspecified atom stereocenters. The maximum atomic E-state index is 4.34. The Morgan fingerprint density at radius 3 is 2.57 bits per heavy atom. The van der Waals surface area contributed by atoms with Crippen LogP contribution < -0.4 is 5.32 Å². The van der Waals surface area contributed by atoms with Crippen molar-refractivity contribution in [2.45, 2.75) is 26.3 Å². The minimum atomic E-state index is 0.513. The summed E-state index contributed by atoms with van der Waals surface area (Å²) in [6.07, 6.45) is 3.87. The van der Waals surface area contributed by atoms with Crippen molar-refractivity contribution in [3.05, 3.63) is 72.1 Å². The predicted octanol–water partition coefficient (Wildman–Crippen LogP) is 4.97. The van der Waals surface area contributed by atoms with Gasteiger partial charge in [0.1, 0.15) is 0 Å². The van der Waals surface area contributed by atoms with Crippen molar-refractivity contribution in [2.24, 2.45) is 0 Å². The number of nitrogens with one attached hydrogen (secondary N) is 1. The Balaban J connectivity index is 1.87. The summed E-state index contributed by atoms with van der Waals surface area (Å²) in [7, 11) is 0. The Kier molecular flexibility index (Phi) is 3.87. The highest BCUT2D eigenvalue weighted by atomic mass is 14.9. The van der Waals surface area contributed by atoms with E-state index in [2.05, 4.69) is 72.7 Å².